The lowest BCUT2D eigenvalue weighted by Gasteiger charge is -2.25. The van der Waals surface area contributed by atoms with Crippen LogP contribution in [-0.2, 0) is 0 Å². The summed E-state index contributed by atoms with van der Waals surface area (Å²) in [5.74, 6) is 1.89. The first kappa shape index (κ1) is 81.5. The molecule has 10 nitrogen and oxygen atoms in total. The third kappa shape index (κ3) is 12.3. The Balaban J connectivity index is 0.000000100. The number of fused-ring (bicyclic) bond motifs is 12. The summed E-state index contributed by atoms with van der Waals surface area (Å²) in [5.41, 5.74) is 26.8. The van der Waals surface area contributed by atoms with Crippen molar-refractivity contribution in [2.24, 2.45) is 0 Å². The Morgan fingerprint density at radius 1 is 0.171 bits per heavy atom. The van der Waals surface area contributed by atoms with Crippen molar-refractivity contribution in [3.63, 3.8) is 0 Å². The van der Waals surface area contributed by atoms with Gasteiger partial charge < -0.3 is 31.9 Å². The SMILES string of the molecule is c1cc(-c2cccc3sc4ccccc4c23)cc(-n2c3cccc4c5ccccc5c5cccc6oc7ccc2c(c7c65)c43)c1.c1ccc(-c2cccc(-c3nc(-c4ccccc4)nc(-c4ccc(-n5c6cccc7c8ccccc8c8cccc9oc%10ccc5c(c%10c98)c76)cc4)n3)c2)cc1.c1ccc(N(c2ccccc2)c2ccc(-n3c4cccc5c6ccccc6c6cccc7oc8ccc3c(c8c76)c54)cc2)cc1. The Kier molecular flexibility index (Phi) is 17.9. The summed E-state index contributed by atoms with van der Waals surface area (Å²) in [6.45, 7) is 0. The zero-order chi connectivity index (χ0) is 95.5. The van der Waals surface area contributed by atoms with Crippen molar-refractivity contribution in [3.05, 3.63) is 479 Å². The fourth-order valence-corrected chi connectivity index (χ4v) is 25.3. The van der Waals surface area contributed by atoms with E-state index in [1.54, 1.807) is 0 Å². The van der Waals surface area contributed by atoms with E-state index < -0.39 is 0 Å². The lowest BCUT2D eigenvalue weighted by Crippen LogP contribution is -2.09. The van der Waals surface area contributed by atoms with Gasteiger partial charge in [-0.15, -0.1) is 11.3 Å². The van der Waals surface area contributed by atoms with Crippen LogP contribution in [0.15, 0.2) is 492 Å². The zero-order valence-electron chi connectivity index (χ0n) is 78.4. The fraction of sp³-hybridized carbons (Fsp3) is 0. The number of para-hydroxylation sites is 2. The van der Waals surface area contributed by atoms with Crippen molar-refractivity contribution in [3.8, 4) is 73.5 Å². The lowest BCUT2D eigenvalue weighted by atomic mass is 9.95. The van der Waals surface area contributed by atoms with Crippen molar-refractivity contribution in [1.29, 1.82) is 0 Å². The van der Waals surface area contributed by atoms with Gasteiger partial charge in [0.15, 0.2) is 17.5 Å². The van der Waals surface area contributed by atoms with Gasteiger partial charge in [0.05, 0.1) is 33.1 Å². The minimum atomic E-state index is 0.622. The second-order valence-corrected chi connectivity index (χ2v) is 39.2. The first-order chi connectivity index (χ1) is 72.4. The minimum absolute atomic E-state index is 0.622. The summed E-state index contributed by atoms with van der Waals surface area (Å²) in [7, 11) is 0. The second-order valence-electron chi connectivity index (χ2n) is 38.1. The van der Waals surface area contributed by atoms with Crippen LogP contribution >= 0.6 is 11.3 Å². The molecule has 0 saturated carbocycles. The summed E-state index contributed by atoms with van der Waals surface area (Å²) in [6, 6.07) is 171. The van der Waals surface area contributed by atoms with Gasteiger partial charge in [0.25, 0.3) is 0 Å². The molecule has 0 saturated heterocycles. The monoisotopic (exact) mass is 1880 g/mol. The van der Waals surface area contributed by atoms with Crippen LogP contribution in [0.5, 0.6) is 0 Å². The Morgan fingerprint density at radius 3 is 0.938 bits per heavy atom. The van der Waals surface area contributed by atoms with Gasteiger partial charge in [-0.25, -0.2) is 15.0 Å². The summed E-state index contributed by atoms with van der Waals surface area (Å²) in [6.07, 6.45) is 0. The van der Waals surface area contributed by atoms with Crippen LogP contribution < -0.4 is 4.90 Å². The number of furan rings is 3. The molecule has 0 aliphatic rings. The lowest BCUT2D eigenvalue weighted by molar-refractivity contribution is 0.669. The van der Waals surface area contributed by atoms with E-state index in [1.807, 2.05) is 47.7 Å². The highest BCUT2D eigenvalue weighted by Crippen LogP contribution is 2.54. The van der Waals surface area contributed by atoms with E-state index in [-0.39, 0.29) is 0 Å². The molecule has 0 unspecified atom stereocenters. The maximum atomic E-state index is 6.55. The number of benzene rings is 22. The summed E-state index contributed by atoms with van der Waals surface area (Å²) >= 11 is 1.87. The molecule has 0 aliphatic heterocycles. The van der Waals surface area contributed by atoms with Crippen LogP contribution in [0.3, 0.4) is 0 Å². The molecule has 8 aromatic heterocycles. The van der Waals surface area contributed by atoms with Gasteiger partial charge in [-0.05, 0) is 263 Å². The molecule has 0 spiro atoms. The molecule has 33 aromatic rings. The maximum Gasteiger partial charge on any atom is 0.164 e. The van der Waals surface area contributed by atoms with E-state index in [9.17, 15) is 0 Å². The summed E-state index contributed by atoms with van der Waals surface area (Å²) in [4.78, 5) is 17.4. The molecule has 0 aliphatic carbocycles. The van der Waals surface area contributed by atoms with Crippen LogP contribution in [0.1, 0.15) is 0 Å². The van der Waals surface area contributed by atoms with E-state index in [1.165, 1.54) is 177 Å². The Labute approximate surface area is 837 Å². The number of nitrogens with zero attached hydrogens (tertiary/aromatic N) is 7. The Morgan fingerprint density at radius 2 is 0.479 bits per heavy atom. The van der Waals surface area contributed by atoms with Crippen LogP contribution in [0.2, 0.25) is 0 Å². The molecule has 11 heteroatoms. The van der Waals surface area contributed by atoms with Gasteiger partial charge in [0.1, 0.15) is 33.5 Å². The van der Waals surface area contributed by atoms with E-state index in [2.05, 4.69) is 461 Å². The van der Waals surface area contributed by atoms with Crippen molar-refractivity contribution >= 4 is 244 Å². The van der Waals surface area contributed by atoms with Crippen molar-refractivity contribution < 1.29 is 13.3 Å². The number of thiophene rings is 1. The molecule has 0 amide bonds. The number of rotatable bonds is 11. The fourth-order valence-electron chi connectivity index (χ4n) is 24.2. The van der Waals surface area contributed by atoms with Gasteiger partial charge in [0.2, 0.25) is 0 Å². The molecular weight excluding hydrogens is 1800 g/mol. The van der Waals surface area contributed by atoms with E-state index in [0.717, 1.165) is 112 Å². The molecule has 0 fully saturated rings. The van der Waals surface area contributed by atoms with Crippen molar-refractivity contribution in [1.82, 2.24) is 28.7 Å². The van der Waals surface area contributed by atoms with E-state index in [0.29, 0.717) is 17.5 Å². The average molecular weight is 1880 g/mol. The van der Waals surface area contributed by atoms with Gasteiger partial charge in [-0.1, -0.05) is 303 Å². The third-order valence-corrected chi connectivity index (χ3v) is 31.4. The zero-order valence-corrected chi connectivity index (χ0v) is 79.2. The molecular formula is C135H79N7O3S. The Hall–Kier alpha value is -19.3. The molecule has 8 heterocycles. The highest BCUT2D eigenvalue weighted by Gasteiger charge is 2.30. The quantitative estimate of drug-likeness (QED) is 0.127. The number of hydrogen-bond donors (Lipinski definition) is 0. The predicted octanol–water partition coefficient (Wildman–Crippen LogP) is 37.6. The first-order valence-electron chi connectivity index (χ1n) is 49.6. The highest BCUT2D eigenvalue weighted by atomic mass is 32.1. The van der Waals surface area contributed by atoms with Crippen LogP contribution in [-0.4, -0.2) is 28.7 Å². The largest absolute Gasteiger partial charge is 0.456 e. The summed E-state index contributed by atoms with van der Waals surface area (Å²) < 4.78 is 29.5. The van der Waals surface area contributed by atoms with Gasteiger partial charge >= 0.3 is 0 Å². The maximum absolute atomic E-state index is 6.55. The Bertz CT molecular complexity index is 11100. The van der Waals surface area contributed by atoms with Crippen LogP contribution in [0.4, 0.5) is 17.1 Å². The van der Waals surface area contributed by atoms with Gasteiger partial charge in [-0.3, -0.25) is 0 Å². The molecule has 678 valence electrons. The molecule has 33 rings (SSSR count). The number of hydrogen-bond acceptors (Lipinski definition) is 8. The van der Waals surface area contributed by atoms with Gasteiger partial charge in [-0.2, -0.15) is 0 Å². The van der Waals surface area contributed by atoms with E-state index in [4.69, 9.17) is 28.2 Å². The molecule has 0 radical (unpaired) electrons. The first-order valence-corrected chi connectivity index (χ1v) is 50.4. The molecule has 0 bridgehead atoms. The number of anilines is 3. The predicted molar refractivity (Wildman–Crippen MR) is 611 cm³/mol. The second kappa shape index (κ2) is 32.1. The summed E-state index contributed by atoms with van der Waals surface area (Å²) in [5, 5.41) is 32.0. The molecule has 25 aromatic carbocycles. The normalized spacial score (nSPS) is 12.1. The van der Waals surface area contributed by atoms with Crippen LogP contribution in [0, 0.1) is 0 Å². The van der Waals surface area contributed by atoms with Crippen molar-refractivity contribution in [2.75, 3.05) is 4.90 Å². The highest BCUT2D eigenvalue weighted by molar-refractivity contribution is 7.26. The minimum Gasteiger partial charge on any atom is -0.456 e. The van der Waals surface area contributed by atoms with Crippen LogP contribution in [0.25, 0.3) is 290 Å². The third-order valence-electron chi connectivity index (χ3n) is 30.3. The molecule has 0 atom stereocenters. The van der Waals surface area contributed by atoms with Crippen molar-refractivity contribution in [2.45, 2.75) is 0 Å². The molecule has 0 N–H and O–H groups in total. The van der Waals surface area contributed by atoms with E-state index >= 15 is 0 Å². The topological polar surface area (TPSA) is 96.1 Å². The average Bonchev–Trinajstić information content (AvgIpc) is 1.52. The smallest absolute Gasteiger partial charge is 0.164 e. The molecule has 146 heavy (non-hydrogen) atoms. The standard InChI is InChI=1S/C51H30N4O.C42H26N2O.C42H23NOS/c1-3-12-31(13-4-1)34-16-9-17-35(30-34)51-53-49(32-14-5-2-6-15-32)52-50(54-51)33-24-26-36(27-25-33)55-41-22-10-20-39-37-18-7-8-19-38(37)40-21-11-23-43-46(40)48-44(56-43)29-28-42(55)47(48)45(39)41;1-3-11-27(12-4-1)43(28-13-5-2-6-14-28)29-21-23-30(24-22-29)44-35-19-9-17-33-31-15-7-8-16-32(31)34-18-10-20-37-40(34)42-38(45-37)26-25-36(44)41(42)39(33)35;1-2-12-28-27(11-1)29-15-6-17-32-39(29)41-33(21-22-35-42(41)40-30(28)16-7-18-34(40)44-35)43(32)25-10-5-9-24(23-25)26-14-8-20-37-38(26)31-13-3-4-19-36(31)45-37/h1-30H;1-26H;1-23H. The number of aromatic nitrogens is 6. The van der Waals surface area contributed by atoms with Gasteiger partial charge in [0, 0.05) is 136 Å².